The summed E-state index contributed by atoms with van der Waals surface area (Å²) < 4.78 is 17.9. The SMILES string of the molecule is [2H]C1=C([2H])[13C]([Se]c2ccccc2C)=CCC1=S. The van der Waals surface area contributed by atoms with Crippen molar-refractivity contribution in [3.63, 3.8) is 0 Å². The van der Waals surface area contributed by atoms with Crippen LogP contribution in [0.2, 0.25) is 0 Å². The molecule has 0 saturated heterocycles. The monoisotopic (exact) mass is 283 g/mol. The third-order valence-corrected chi connectivity index (χ3v) is 4.83. The number of thiocarbonyl (C=S) groups is 1. The fourth-order valence-corrected chi connectivity index (χ4v) is 3.26. The first-order valence-electron chi connectivity index (χ1n) is 5.74. The van der Waals surface area contributed by atoms with Crippen molar-refractivity contribution in [2.24, 2.45) is 0 Å². The van der Waals surface area contributed by atoms with Gasteiger partial charge in [-0.25, -0.2) is 0 Å². The Hall–Kier alpha value is -0.691. The third kappa shape index (κ3) is 2.88. The van der Waals surface area contributed by atoms with Crippen LogP contribution in [0.3, 0.4) is 0 Å². The molecule has 2 rings (SSSR count). The second-order valence-electron chi connectivity index (χ2n) is 3.31. The molecule has 0 heterocycles. The summed E-state index contributed by atoms with van der Waals surface area (Å²) in [6.07, 6.45) is 2.65. The molecule has 2 heteroatoms. The first kappa shape index (κ1) is 8.46. The molecule has 0 amide bonds. The van der Waals surface area contributed by atoms with E-state index in [4.69, 9.17) is 15.0 Å². The molecule has 0 aromatic heterocycles. The van der Waals surface area contributed by atoms with Gasteiger partial charge in [0.15, 0.2) is 0 Å². The van der Waals surface area contributed by atoms with Crippen LogP contribution in [0.25, 0.3) is 0 Å². The Morgan fingerprint density at radius 3 is 2.93 bits per heavy atom. The van der Waals surface area contributed by atoms with Crippen molar-refractivity contribution in [1.29, 1.82) is 0 Å². The molecule has 1 aliphatic carbocycles. The Labute approximate surface area is 105 Å². The van der Waals surface area contributed by atoms with E-state index in [2.05, 4.69) is 19.1 Å². The van der Waals surface area contributed by atoms with E-state index in [0.29, 0.717) is 17.3 Å². The molecule has 0 spiro atoms. The van der Waals surface area contributed by atoms with E-state index in [9.17, 15) is 0 Å². The molecule has 0 unspecified atom stereocenters. The normalized spacial score (nSPS) is 18.5. The van der Waals surface area contributed by atoms with Gasteiger partial charge in [-0.1, -0.05) is 0 Å². The summed E-state index contributed by atoms with van der Waals surface area (Å²) in [5, 5.41) is 0. The van der Waals surface area contributed by atoms with Crippen molar-refractivity contribution < 1.29 is 2.74 Å². The van der Waals surface area contributed by atoms with Gasteiger partial charge >= 0.3 is 105 Å². The first-order chi connectivity index (χ1) is 8.09. The van der Waals surface area contributed by atoms with Gasteiger partial charge in [-0.05, 0) is 0 Å². The standard InChI is InChI=1S/C13H12SSe/c1-10-4-2-3-5-13(10)15-12-8-6-11(14)7-9-12/h2-6,8-9H,7H2,1H3/i6D,8D,12+1. The summed E-state index contributed by atoms with van der Waals surface area (Å²) >= 11 is 5.15. The summed E-state index contributed by atoms with van der Waals surface area (Å²) in [4.78, 5) is 0.583. The predicted molar refractivity (Wildman–Crippen MR) is 71.0 cm³/mol. The average Bonchev–Trinajstić information content (AvgIpc) is 2.32. The fourth-order valence-electron chi connectivity index (χ4n) is 1.28. The van der Waals surface area contributed by atoms with E-state index >= 15 is 0 Å². The molecule has 0 nitrogen and oxygen atoms in total. The van der Waals surface area contributed by atoms with Crippen molar-refractivity contribution in [2.75, 3.05) is 0 Å². The molecule has 0 bridgehead atoms. The summed E-state index contributed by atoms with van der Waals surface area (Å²) in [5.41, 5.74) is 1.25. The molecular formula is C13H12SSe. The number of allylic oxidation sites excluding steroid dienone is 4. The summed E-state index contributed by atoms with van der Waals surface area (Å²) in [7, 11) is 0. The van der Waals surface area contributed by atoms with Crippen LogP contribution in [0.1, 0.15) is 14.7 Å². The van der Waals surface area contributed by atoms with Gasteiger partial charge in [0, 0.05) is 0 Å². The summed E-state index contributed by atoms with van der Waals surface area (Å²) in [5.74, 6) is 0. The molecule has 1 aromatic carbocycles. The molecule has 76 valence electrons. The molecule has 0 radical (unpaired) electrons. The van der Waals surface area contributed by atoms with Gasteiger partial charge in [-0.2, -0.15) is 0 Å². The number of hydrogen-bond donors (Lipinski definition) is 0. The van der Waals surface area contributed by atoms with E-state index in [-0.39, 0.29) is 21.0 Å². The topological polar surface area (TPSA) is 0 Å². The zero-order chi connectivity index (χ0) is 12.4. The maximum absolute atomic E-state index is 7.94. The number of hydrogen-bond acceptors (Lipinski definition) is 1. The molecular weight excluding hydrogens is 268 g/mol. The van der Waals surface area contributed by atoms with Gasteiger partial charge in [0.2, 0.25) is 0 Å². The van der Waals surface area contributed by atoms with Crippen LogP contribution in [0, 0.1) is 6.92 Å². The Balaban J connectivity index is 2.27. The molecule has 15 heavy (non-hydrogen) atoms. The van der Waals surface area contributed by atoms with Crippen LogP contribution in [-0.2, 0) is 0 Å². The fraction of sp³-hybridized carbons (Fsp3) is 0.154. The van der Waals surface area contributed by atoms with E-state index in [1.54, 1.807) is 0 Å². The van der Waals surface area contributed by atoms with E-state index in [1.807, 2.05) is 18.2 Å². The van der Waals surface area contributed by atoms with Crippen LogP contribution in [-0.4, -0.2) is 19.8 Å². The van der Waals surface area contributed by atoms with Crippen molar-refractivity contribution >= 4 is 36.5 Å². The Morgan fingerprint density at radius 1 is 1.33 bits per heavy atom. The van der Waals surface area contributed by atoms with Crippen LogP contribution in [0.4, 0.5) is 0 Å². The van der Waals surface area contributed by atoms with E-state index in [0.717, 1.165) is 4.47 Å². The van der Waals surface area contributed by atoms with Crippen LogP contribution in [0.5, 0.6) is 0 Å². The summed E-state index contributed by atoms with van der Waals surface area (Å²) in [6.45, 7) is 2.08. The Morgan fingerprint density at radius 2 is 2.13 bits per heavy atom. The minimum absolute atomic E-state index is 0.102. The summed E-state index contributed by atoms with van der Waals surface area (Å²) in [6, 6.07) is 8.76. The zero-order valence-electron chi connectivity index (χ0n) is 10.4. The number of rotatable bonds is 2. The molecule has 0 N–H and O–H groups in total. The Kier molecular flexibility index (Phi) is 2.76. The molecule has 1 aromatic rings. The van der Waals surface area contributed by atoms with Gasteiger partial charge in [-0.15, -0.1) is 0 Å². The minimum atomic E-state index is 0.102. The van der Waals surface area contributed by atoms with E-state index < -0.39 is 0 Å². The number of aryl methyl sites for hydroxylation is 1. The van der Waals surface area contributed by atoms with Crippen LogP contribution < -0.4 is 4.46 Å². The number of benzene rings is 1. The third-order valence-electron chi connectivity index (χ3n) is 2.11. The van der Waals surface area contributed by atoms with Gasteiger partial charge in [0.05, 0.1) is 0 Å². The maximum atomic E-state index is 7.94. The Bertz CT molecular complexity index is 532. The molecule has 0 aliphatic heterocycles. The van der Waals surface area contributed by atoms with Gasteiger partial charge in [0.1, 0.15) is 0 Å². The van der Waals surface area contributed by atoms with Crippen molar-refractivity contribution in [2.45, 2.75) is 13.3 Å². The zero-order valence-corrected chi connectivity index (χ0v) is 10.9. The van der Waals surface area contributed by atoms with Crippen molar-refractivity contribution in [3.8, 4) is 0 Å². The van der Waals surface area contributed by atoms with Gasteiger partial charge in [0.25, 0.3) is 0 Å². The molecule has 0 atom stereocenters. The van der Waals surface area contributed by atoms with Crippen molar-refractivity contribution in [3.05, 3.63) is 52.5 Å². The molecule has 1 aliphatic rings. The van der Waals surface area contributed by atoms with Crippen molar-refractivity contribution in [1.82, 2.24) is 0 Å². The molecule has 0 saturated carbocycles. The van der Waals surface area contributed by atoms with E-state index in [1.165, 1.54) is 10.0 Å². The second kappa shape index (κ2) is 4.89. The molecule has 0 fully saturated rings. The second-order valence-corrected chi connectivity index (χ2v) is 6.08. The van der Waals surface area contributed by atoms with Gasteiger partial charge < -0.3 is 0 Å². The van der Waals surface area contributed by atoms with Crippen LogP contribution in [0.15, 0.2) is 46.9 Å². The first-order valence-corrected chi connectivity index (χ1v) is 6.86. The quantitative estimate of drug-likeness (QED) is 0.456. The van der Waals surface area contributed by atoms with Crippen LogP contribution >= 0.6 is 12.2 Å². The van der Waals surface area contributed by atoms with Gasteiger partial charge in [-0.3, -0.25) is 0 Å². The predicted octanol–water partition coefficient (Wildman–Crippen LogP) is 2.54. The average molecular weight is 282 g/mol.